The Morgan fingerprint density at radius 3 is 2.47 bits per heavy atom. The van der Waals surface area contributed by atoms with Gasteiger partial charge in [-0.1, -0.05) is 29.3 Å². The first kappa shape index (κ1) is 14.6. The zero-order valence-electron chi connectivity index (χ0n) is 11.1. The smallest absolute Gasteiger partial charge is 0.126 e. The predicted octanol–water partition coefficient (Wildman–Crippen LogP) is 3.19. The maximum atomic E-state index is 9.51. The first-order valence-corrected chi connectivity index (χ1v) is 7.08. The van der Waals surface area contributed by atoms with Crippen LogP contribution in [-0.4, -0.2) is 42.5 Å². The fraction of sp³-hybridized carbons (Fsp3) is 0.500. The summed E-state index contributed by atoms with van der Waals surface area (Å²) < 4.78 is 0. The maximum absolute atomic E-state index is 9.51. The lowest BCUT2D eigenvalue weighted by atomic mass is 10.0. The Kier molecular flexibility index (Phi) is 4.70. The Hall–Kier alpha value is -0.790. The Morgan fingerprint density at radius 1 is 1.32 bits per heavy atom. The molecule has 1 fully saturated rings. The molecule has 102 valence electrons. The molecule has 0 bridgehead atoms. The van der Waals surface area contributed by atoms with Gasteiger partial charge in [-0.3, -0.25) is 4.90 Å². The molecule has 3 nitrogen and oxygen atoms in total. The summed E-state index contributed by atoms with van der Waals surface area (Å²) >= 11 is 12.4. The number of halogens is 2. The summed E-state index contributed by atoms with van der Waals surface area (Å²) in [6, 6.07) is 7.76. The van der Waals surface area contributed by atoms with Gasteiger partial charge < -0.3 is 4.90 Å². The van der Waals surface area contributed by atoms with Crippen molar-refractivity contribution in [2.24, 2.45) is 0 Å². The molecular formula is C14H17Cl2N3. The lowest BCUT2D eigenvalue weighted by Crippen LogP contribution is -2.50. The average molecular weight is 298 g/mol. The molecule has 1 saturated heterocycles. The van der Waals surface area contributed by atoms with Gasteiger partial charge in [0.15, 0.2) is 0 Å². The highest BCUT2D eigenvalue weighted by atomic mass is 35.5. The van der Waals surface area contributed by atoms with E-state index in [4.69, 9.17) is 23.2 Å². The van der Waals surface area contributed by atoms with Crippen molar-refractivity contribution < 1.29 is 0 Å². The van der Waals surface area contributed by atoms with Crippen molar-refractivity contribution in [3.8, 4) is 6.07 Å². The van der Waals surface area contributed by atoms with Crippen LogP contribution in [0.5, 0.6) is 0 Å². The second-order valence-corrected chi connectivity index (χ2v) is 5.81. The van der Waals surface area contributed by atoms with Crippen LogP contribution in [0.4, 0.5) is 0 Å². The fourth-order valence-corrected chi connectivity index (χ4v) is 3.02. The quantitative estimate of drug-likeness (QED) is 0.840. The van der Waals surface area contributed by atoms with Gasteiger partial charge in [0, 0.05) is 41.3 Å². The first-order valence-electron chi connectivity index (χ1n) is 6.32. The van der Waals surface area contributed by atoms with Gasteiger partial charge in [-0.05, 0) is 26.1 Å². The van der Waals surface area contributed by atoms with Crippen molar-refractivity contribution in [3.05, 3.63) is 33.8 Å². The summed E-state index contributed by atoms with van der Waals surface area (Å²) in [5, 5.41) is 10.6. The van der Waals surface area contributed by atoms with Crippen molar-refractivity contribution in [1.82, 2.24) is 9.80 Å². The molecule has 1 heterocycles. The molecule has 1 aliphatic heterocycles. The van der Waals surface area contributed by atoms with E-state index in [-0.39, 0.29) is 6.04 Å². The molecule has 0 aliphatic carbocycles. The minimum absolute atomic E-state index is 0.377. The van der Waals surface area contributed by atoms with E-state index in [1.54, 1.807) is 18.2 Å². The molecule has 1 aliphatic rings. The van der Waals surface area contributed by atoms with E-state index in [0.29, 0.717) is 16.1 Å². The van der Waals surface area contributed by atoms with E-state index in [0.717, 1.165) is 25.2 Å². The van der Waals surface area contributed by atoms with E-state index < -0.39 is 0 Å². The topological polar surface area (TPSA) is 30.3 Å². The third-order valence-corrected chi connectivity index (χ3v) is 4.41. The molecule has 2 unspecified atom stereocenters. The average Bonchev–Trinajstić information content (AvgIpc) is 2.37. The summed E-state index contributed by atoms with van der Waals surface area (Å²) in [6.07, 6.45) is 0. The second kappa shape index (κ2) is 6.11. The maximum Gasteiger partial charge on any atom is 0.126 e. The minimum atomic E-state index is -0.377. The van der Waals surface area contributed by atoms with E-state index in [2.05, 4.69) is 29.8 Å². The van der Waals surface area contributed by atoms with Crippen LogP contribution in [0.1, 0.15) is 18.5 Å². The van der Waals surface area contributed by atoms with Crippen molar-refractivity contribution in [3.63, 3.8) is 0 Å². The summed E-state index contributed by atoms with van der Waals surface area (Å²) in [6.45, 7) is 4.80. The number of hydrogen-bond donors (Lipinski definition) is 0. The van der Waals surface area contributed by atoms with Gasteiger partial charge in [-0.15, -0.1) is 0 Å². The predicted molar refractivity (Wildman–Crippen MR) is 78.5 cm³/mol. The highest BCUT2D eigenvalue weighted by Crippen LogP contribution is 2.34. The standard InChI is InChI=1S/C14H17Cl2N3/c1-10-9-19(7-6-18(10)2)13(8-17)14-11(15)4-3-5-12(14)16/h3-5,10,13H,6-7,9H2,1-2H3. The molecule has 19 heavy (non-hydrogen) atoms. The fourth-order valence-electron chi connectivity index (χ4n) is 2.41. The van der Waals surface area contributed by atoms with Crippen molar-refractivity contribution in [1.29, 1.82) is 5.26 Å². The van der Waals surface area contributed by atoms with E-state index in [1.807, 2.05) is 0 Å². The van der Waals surface area contributed by atoms with Gasteiger partial charge in [0.25, 0.3) is 0 Å². The highest BCUT2D eigenvalue weighted by molar-refractivity contribution is 6.36. The summed E-state index contributed by atoms with van der Waals surface area (Å²) in [4.78, 5) is 4.44. The molecule has 2 rings (SSSR count). The lowest BCUT2D eigenvalue weighted by Gasteiger charge is -2.40. The summed E-state index contributed by atoms with van der Waals surface area (Å²) in [5.74, 6) is 0. The van der Waals surface area contributed by atoms with Gasteiger partial charge >= 0.3 is 0 Å². The first-order chi connectivity index (χ1) is 9.04. The zero-order valence-corrected chi connectivity index (χ0v) is 12.6. The van der Waals surface area contributed by atoms with Crippen molar-refractivity contribution in [2.45, 2.75) is 19.0 Å². The number of nitriles is 1. The van der Waals surface area contributed by atoms with Crippen LogP contribution in [0.2, 0.25) is 10.0 Å². The van der Waals surface area contributed by atoms with Crippen LogP contribution in [0, 0.1) is 11.3 Å². The van der Waals surface area contributed by atoms with Gasteiger partial charge in [-0.25, -0.2) is 0 Å². The van der Waals surface area contributed by atoms with E-state index in [9.17, 15) is 5.26 Å². The number of likely N-dealkylation sites (N-methyl/N-ethyl adjacent to an activating group) is 1. The summed E-state index contributed by atoms with van der Waals surface area (Å²) in [5.41, 5.74) is 0.727. The van der Waals surface area contributed by atoms with Crippen molar-refractivity contribution in [2.75, 3.05) is 26.7 Å². The van der Waals surface area contributed by atoms with Crippen LogP contribution in [0.15, 0.2) is 18.2 Å². The molecular weight excluding hydrogens is 281 g/mol. The molecule has 1 aromatic carbocycles. The minimum Gasteiger partial charge on any atom is -0.301 e. The summed E-state index contributed by atoms with van der Waals surface area (Å²) in [7, 11) is 2.10. The van der Waals surface area contributed by atoms with Crippen LogP contribution in [0.3, 0.4) is 0 Å². The van der Waals surface area contributed by atoms with Crippen LogP contribution >= 0.6 is 23.2 Å². The largest absolute Gasteiger partial charge is 0.301 e. The van der Waals surface area contributed by atoms with Gasteiger partial charge in [0.05, 0.1) is 6.07 Å². The molecule has 5 heteroatoms. The number of benzene rings is 1. The van der Waals surface area contributed by atoms with Crippen LogP contribution in [-0.2, 0) is 0 Å². The second-order valence-electron chi connectivity index (χ2n) is 4.99. The third kappa shape index (κ3) is 3.04. The van der Waals surface area contributed by atoms with E-state index in [1.165, 1.54) is 0 Å². The SMILES string of the molecule is CC1CN(C(C#N)c2c(Cl)cccc2Cl)CCN1C. The lowest BCUT2D eigenvalue weighted by molar-refractivity contribution is 0.0881. The van der Waals surface area contributed by atoms with Gasteiger partial charge in [-0.2, -0.15) is 5.26 Å². The molecule has 0 radical (unpaired) electrons. The highest BCUT2D eigenvalue weighted by Gasteiger charge is 2.29. The molecule has 0 spiro atoms. The van der Waals surface area contributed by atoms with Gasteiger partial charge in [0.2, 0.25) is 0 Å². The molecule has 1 aromatic rings. The number of nitrogens with zero attached hydrogens (tertiary/aromatic N) is 3. The van der Waals surface area contributed by atoms with Crippen LogP contribution in [0.25, 0.3) is 0 Å². The monoisotopic (exact) mass is 297 g/mol. The van der Waals surface area contributed by atoms with Crippen molar-refractivity contribution >= 4 is 23.2 Å². The zero-order chi connectivity index (χ0) is 14.0. The Labute approximate surface area is 124 Å². The van der Waals surface area contributed by atoms with Gasteiger partial charge in [0.1, 0.15) is 6.04 Å². The number of rotatable bonds is 2. The number of hydrogen-bond acceptors (Lipinski definition) is 3. The molecule has 0 amide bonds. The normalized spacial score (nSPS) is 23.0. The Bertz CT molecular complexity index is 478. The third-order valence-electron chi connectivity index (χ3n) is 3.75. The molecule has 2 atom stereocenters. The Balaban J connectivity index is 2.29. The Morgan fingerprint density at radius 2 is 1.95 bits per heavy atom. The number of piperazine rings is 1. The molecule has 0 aromatic heterocycles. The molecule has 0 saturated carbocycles. The van der Waals surface area contributed by atoms with E-state index >= 15 is 0 Å². The van der Waals surface area contributed by atoms with Crippen LogP contribution < -0.4 is 0 Å². The molecule has 0 N–H and O–H groups in total.